The van der Waals surface area contributed by atoms with Crippen molar-refractivity contribution < 1.29 is 4.42 Å². The van der Waals surface area contributed by atoms with Gasteiger partial charge in [0.2, 0.25) is 0 Å². The standard InChI is InChI=1S/C8H12N2O/c1-2-9-4-7(1)3-8-5-10-6-11-8/h5-7,9H,1-4H2. The fraction of sp³-hybridized carbons (Fsp3) is 0.625. The maximum absolute atomic E-state index is 5.16. The maximum Gasteiger partial charge on any atom is 0.180 e. The Labute approximate surface area is 65.8 Å². The summed E-state index contributed by atoms with van der Waals surface area (Å²) in [5.74, 6) is 1.77. The molecule has 1 N–H and O–H groups in total. The molecule has 0 spiro atoms. The molecule has 0 amide bonds. The van der Waals surface area contributed by atoms with Gasteiger partial charge in [0.25, 0.3) is 0 Å². The minimum atomic E-state index is 0.753. The zero-order chi connectivity index (χ0) is 7.52. The van der Waals surface area contributed by atoms with E-state index in [1.807, 2.05) is 0 Å². The second-order valence-corrected chi connectivity index (χ2v) is 3.03. The van der Waals surface area contributed by atoms with Crippen LogP contribution in [0.3, 0.4) is 0 Å². The summed E-state index contributed by atoms with van der Waals surface area (Å²) in [5, 5.41) is 3.32. The van der Waals surface area contributed by atoms with Crippen LogP contribution in [0.1, 0.15) is 12.2 Å². The largest absolute Gasteiger partial charge is 0.449 e. The molecule has 1 aliphatic rings. The van der Waals surface area contributed by atoms with Crippen LogP contribution >= 0.6 is 0 Å². The van der Waals surface area contributed by atoms with E-state index in [-0.39, 0.29) is 0 Å². The first-order valence-electron chi connectivity index (χ1n) is 4.03. The van der Waals surface area contributed by atoms with Gasteiger partial charge in [0.15, 0.2) is 6.39 Å². The van der Waals surface area contributed by atoms with Crippen molar-refractivity contribution in [2.24, 2.45) is 5.92 Å². The van der Waals surface area contributed by atoms with Crippen molar-refractivity contribution in [1.82, 2.24) is 10.3 Å². The summed E-state index contributed by atoms with van der Waals surface area (Å²) in [6.07, 6.45) is 5.60. The summed E-state index contributed by atoms with van der Waals surface area (Å²) in [5.41, 5.74) is 0. The Balaban J connectivity index is 1.90. The number of nitrogens with one attached hydrogen (secondary N) is 1. The first kappa shape index (κ1) is 6.85. The molecule has 1 saturated heterocycles. The normalized spacial score (nSPS) is 24.2. The minimum absolute atomic E-state index is 0.753. The lowest BCUT2D eigenvalue weighted by Gasteiger charge is -2.02. The van der Waals surface area contributed by atoms with Crippen LogP contribution in [0.2, 0.25) is 0 Å². The molecule has 1 aromatic rings. The average Bonchev–Trinajstić information content (AvgIpc) is 2.60. The van der Waals surface area contributed by atoms with E-state index in [9.17, 15) is 0 Å². The smallest absolute Gasteiger partial charge is 0.180 e. The molecule has 3 heteroatoms. The fourth-order valence-electron chi connectivity index (χ4n) is 1.52. The van der Waals surface area contributed by atoms with Gasteiger partial charge in [-0.15, -0.1) is 0 Å². The van der Waals surface area contributed by atoms with Crippen LogP contribution in [0.4, 0.5) is 0 Å². The van der Waals surface area contributed by atoms with Gasteiger partial charge in [-0.1, -0.05) is 0 Å². The number of nitrogens with zero attached hydrogens (tertiary/aromatic N) is 1. The highest BCUT2D eigenvalue weighted by molar-refractivity contribution is 4.92. The van der Waals surface area contributed by atoms with Gasteiger partial charge in [0, 0.05) is 6.42 Å². The van der Waals surface area contributed by atoms with Crippen LogP contribution in [-0.4, -0.2) is 18.1 Å². The van der Waals surface area contributed by atoms with Crippen LogP contribution in [0.25, 0.3) is 0 Å². The monoisotopic (exact) mass is 152 g/mol. The Hall–Kier alpha value is -0.830. The molecular weight excluding hydrogens is 140 g/mol. The summed E-state index contributed by atoms with van der Waals surface area (Å²) in [6, 6.07) is 0. The molecular formula is C8H12N2O. The first-order chi connectivity index (χ1) is 5.45. The van der Waals surface area contributed by atoms with E-state index in [1.165, 1.54) is 12.8 Å². The lowest BCUT2D eigenvalue weighted by molar-refractivity contribution is 0.454. The highest BCUT2D eigenvalue weighted by Gasteiger charge is 2.15. The number of hydrogen-bond acceptors (Lipinski definition) is 3. The third-order valence-electron chi connectivity index (χ3n) is 2.14. The zero-order valence-corrected chi connectivity index (χ0v) is 6.42. The molecule has 11 heavy (non-hydrogen) atoms. The summed E-state index contributed by atoms with van der Waals surface area (Å²) >= 11 is 0. The molecule has 1 aliphatic heterocycles. The third-order valence-corrected chi connectivity index (χ3v) is 2.14. The van der Waals surface area contributed by atoms with Crippen molar-refractivity contribution in [1.29, 1.82) is 0 Å². The van der Waals surface area contributed by atoms with Crippen molar-refractivity contribution in [2.45, 2.75) is 12.8 Å². The Bertz CT molecular complexity index is 202. The molecule has 0 saturated carbocycles. The molecule has 2 heterocycles. The number of rotatable bonds is 2. The van der Waals surface area contributed by atoms with E-state index < -0.39 is 0 Å². The van der Waals surface area contributed by atoms with Gasteiger partial charge in [0.05, 0.1) is 6.20 Å². The predicted octanol–water partition coefficient (Wildman–Crippen LogP) is 0.827. The van der Waals surface area contributed by atoms with Gasteiger partial charge in [-0.25, -0.2) is 4.98 Å². The summed E-state index contributed by atoms with van der Waals surface area (Å²) in [7, 11) is 0. The van der Waals surface area contributed by atoms with E-state index in [4.69, 9.17) is 4.42 Å². The Kier molecular flexibility index (Phi) is 1.90. The summed E-state index contributed by atoms with van der Waals surface area (Å²) in [6.45, 7) is 2.28. The van der Waals surface area contributed by atoms with Crippen LogP contribution in [-0.2, 0) is 6.42 Å². The Morgan fingerprint density at radius 3 is 3.36 bits per heavy atom. The second kappa shape index (κ2) is 3.05. The zero-order valence-electron chi connectivity index (χ0n) is 6.42. The number of aromatic nitrogens is 1. The van der Waals surface area contributed by atoms with Crippen molar-refractivity contribution in [2.75, 3.05) is 13.1 Å². The first-order valence-corrected chi connectivity index (χ1v) is 4.03. The van der Waals surface area contributed by atoms with E-state index in [0.717, 1.165) is 31.2 Å². The van der Waals surface area contributed by atoms with Crippen LogP contribution in [0.15, 0.2) is 17.0 Å². The third kappa shape index (κ3) is 1.60. The van der Waals surface area contributed by atoms with Crippen LogP contribution < -0.4 is 5.32 Å². The molecule has 0 aliphatic carbocycles. The topological polar surface area (TPSA) is 38.1 Å². The highest BCUT2D eigenvalue weighted by Crippen LogP contribution is 2.13. The Morgan fingerprint density at radius 2 is 2.73 bits per heavy atom. The SMILES string of the molecule is c1ncc(CC2CCNC2)o1. The predicted molar refractivity (Wildman–Crippen MR) is 41.2 cm³/mol. The van der Waals surface area contributed by atoms with Crippen molar-refractivity contribution in [3.8, 4) is 0 Å². The number of hydrogen-bond donors (Lipinski definition) is 1. The number of oxazole rings is 1. The Morgan fingerprint density at radius 1 is 1.73 bits per heavy atom. The molecule has 3 nitrogen and oxygen atoms in total. The maximum atomic E-state index is 5.16. The molecule has 0 radical (unpaired) electrons. The van der Waals surface area contributed by atoms with Crippen molar-refractivity contribution >= 4 is 0 Å². The lowest BCUT2D eigenvalue weighted by Crippen LogP contribution is -2.10. The van der Waals surface area contributed by atoms with E-state index >= 15 is 0 Å². The van der Waals surface area contributed by atoms with Crippen molar-refractivity contribution in [3.63, 3.8) is 0 Å². The minimum Gasteiger partial charge on any atom is -0.449 e. The summed E-state index contributed by atoms with van der Waals surface area (Å²) in [4.78, 5) is 3.88. The second-order valence-electron chi connectivity index (χ2n) is 3.03. The van der Waals surface area contributed by atoms with E-state index in [0.29, 0.717) is 0 Å². The van der Waals surface area contributed by atoms with E-state index in [2.05, 4.69) is 10.3 Å². The van der Waals surface area contributed by atoms with Gasteiger partial charge < -0.3 is 9.73 Å². The van der Waals surface area contributed by atoms with Crippen LogP contribution in [0.5, 0.6) is 0 Å². The van der Waals surface area contributed by atoms with Crippen molar-refractivity contribution in [3.05, 3.63) is 18.4 Å². The fourth-order valence-corrected chi connectivity index (χ4v) is 1.52. The molecule has 0 bridgehead atoms. The molecule has 60 valence electrons. The van der Waals surface area contributed by atoms with Gasteiger partial charge in [0.1, 0.15) is 5.76 Å². The quantitative estimate of drug-likeness (QED) is 0.682. The van der Waals surface area contributed by atoms with Gasteiger partial charge in [-0.3, -0.25) is 0 Å². The van der Waals surface area contributed by atoms with Gasteiger partial charge in [-0.05, 0) is 25.4 Å². The molecule has 2 rings (SSSR count). The van der Waals surface area contributed by atoms with Crippen LogP contribution in [0, 0.1) is 5.92 Å². The van der Waals surface area contributed by atoms with E-state index in [1.54, 1.807) is 6.20 Å². The van der Waals surface area contributed by atoms with Gasteiger partial charge >= 0.3 is 0 Å². The lowest BCUT2D eigenvalue weighted by atomic mass is 10.0. The molecule has 1 unspecified atom stereocenters. The average molecular weight is 152 g/mol. The summed E-state index contributed by atoms with van der Waals surface area (Å²) < 4.78 is 5.16. The molecule has 1 aromatic heterocycles. The molecule has 1 fully saturated rings. The molecule has 1 atom stereocenters. The highest BCUT2D eigenvalue weighted by atomic mass is 16.3. The molecule has 0 aromatic carbocycles. The van der Waals surface area contributed by atoms with Gasteiger partial charge in [-0.2, -0.15) is 0 Å².